The summed E-state index contributed by atoms with van der Waals surface area (Å²) in [7, 11) is 0. The molecule has 114 valence electrons. The molecule has 2 rings (SSSR count). The van der Waals surface area contributed by atoms with E-state index in [9.17, 15) is 13.2 Å². The van der Waals surface area contributed by atoms with Crippen LogP contribution in [0.25, 0.3) is 11.3 Å². The molecule has 0 aliphatic heterocycles. The van der Waals surface area contributed by atoms with E-state index in [-0.39, 0.29) is 17.5 Å². The number of alkyl halides is 3. The third-order valence-electron chi connectivity index (χ3n) is 3.69. The van der Waals surface area contributed by atoms with Gasteiger partial charge in [0.1, 0.15) is 5.82 Å². The van der Waals surface area contributed by atoms with Crippen molar-refractivity contribution in [1.29, 1.82) is 0 Å². The first-order valence-electron chi connectivity index (χ1n) is 6.81. The highest BCUT2D eigenvalue weighted by Gasteiger charge is 2.33. The van der Waals surface area contributed by atoms with Gasteiger partial charge in [0, 0.05) is 5.56 Å². The van der Waals surface area contributed by atoms with E-state index in [0.29, 0.717) is 11.5 Å². The van der Waals surface area contributed by atoms with Gasteiger partial charge in [-0.25, -0.2) is 4.98 Å². The van der Waals surface area contributed by atoms with Crippen LogP contribution in [-0.4, -0.2) is 9.97 Å². The van der Waals surface area contributed by atoms with Crippen LogP contribution in [0.1, 0.15) is 37.7 Å². The molecule has 21 heavy (non-hydrogen) atoms. The highest BCUT2D eigenvalue weighted by molar-refractivity contribution is 5.64. The molecule has 3 N–H and O–H groups in total. The number of hydrogen-bond acceptors (Lipinski definition) is 2. The molecule has 0 spiro atoms. The SMILES string of the molecule is CCC(C)C(N)c1ncc(-c2ccccc2C(F)(F)F)[nH]1. The molecule has 1 aromatic heterocycles. The molecule has 0 aliphatic carbocycles. The van der Waals surface area contributed by atoms with Gasteiger partial charge in [-0.1, -0.05) is 38.5 Å². The molecule has 2 atom stereocenters. The van der Waals surface area contributed by atoms with Crippen LogP contribution in [0.4, 0.5) is 13.2 Å². The molecule has 0 bridgehead atoms. The zero-order chi connectivity index (χ0) is 15.6. The number of halogens is 3. The van der Waals surface area contributed by atoms with Gasteiger partial charge >= 0.3 is 6.18 Å². The van der Waals surface area contributed by atoms with E-state index in [1.807, 2.05) is 13.8 Å². The molecule has 1 heterocycles. The highest BCUT2D eigenvalue weighted by Crippen LogP contribution is 2.36. The standard InChI is InChI=1S/C15H18F3N3/c1-3-9(2)13(19)14-20-8-12(21-14)10-6-4-5-7-11(10)15(16,17)18/h4-9,13H,3,19H2,1-2H3,(H,20,21). The van der Waals surface area contributed by atoms with Crippen molar-refractivity contribution in [3.05, 3.63) is 41.9 Å². The summed E-state index contributed by atoms with van der Waals surface area (Å²) < 4.78 is 39.1. The number of H-pyrrole nitrogens is 1. The molecule has 2 aromatic rings. The number of aromatic nitrogens is 2. The van der Waals surface area contributed by atoms with E-state index in [2.05, 4.69) is 9.97 Å². The third kappa shape index (κ3) is 3.26. The van der Waals surface area contributed by atoms with Gasteiger partial charge in [0.15, 0.2) is 0 Å². The third-order valence-corrected chi connectivity index (χ3v) is 3.69. The Kier molecular flexibility index (Phi) is 4.37. The fourth-order valence-electron chi connectivity index (χ4n) is 2.13. The second kappa shape index (κ2) is 5.89. The second-order valence-electron chi connectivity index (χ2n) is 5.14. The maximum absolute atomic E-state index is 13.0. The van der Waals surface area contributed by atoms with Gasteiger partial charge < -0.3 is 10.7 Å². The Morgan fingerprint density at radius 3 is 2.57 bits per heavy atom. The molecule has 6 heteroatoms. The van der Waals surface area contributed by atoms with Crippen LogP contribution in [-0.2, 0) is 6.18 Å². The summed E-state index contributed by atoms with van der Waals surface area (Å²) in [4.78, 5) is 7.06. The Balaban J connectivity index is 2.39. The predicted molar refractivity (Wildman–Crippen MR) is 75.4 cm³/mol. The predicted octanol–water partition coefficient (Wildman–Crippen LogP) is 4.14. The number of rotatable bonds is 4. The Hall–Kier alpha value is -1.82. The molecule has 0 fully saturated rings. The zero-order valence-electron chi connectivity index (χ0n) is 11.9. The minimum Gasteiger partial charge on any atom is -0.341 e. The number of nitrogens with one attached hydrogen (secondary N) is 1. The lowest BCUT2D eigenvalue weighted by molar-refractivity contribution is -0.137. The van der Waals surface area contributed by atoms with Crippen molar-refractivity contribution < 1.29 is 13.2 Å². The van der Waals surface area contributed by atoms with E-state index >= 15 is 0 Å². The first-order chi connectivity index (χ1) is 9.84. The number of aromatic amines is 1. The summed E-state index contributed by atoms with van der Waals surface area (Å²) >= 11 is 0. The average molecular weight is 297 g/mol. The number of nitrogens with zero attached hydrogens (tertiary/aromatic N) is 1. The maximum atomic E-state index is 13.0. The molecule has 0 saturated heterocycles. The fraction of sp³-hybridized carbons (Fsp3) is 0.400. The number of hydrogen-bond donors (Lipinski definition) is 2. The summed E-state index contributed by atoms with van der Waals surface area (Å²) in [6.45, 7) is 3.99. The molecule has 1 aromatic carbocycles. The van der Waals surface area contributed by atoms with E-state index in [4.69, 9.17) is 5.73 Å². The summed E-state index contributed by atoms with van der Waals surface area (Å²) in [6.07, 6.45) is -2.13. The molecule has 0 saturated carbocycles. The van der Waals surface area contributed by atoms with Gasteiger partial charge in [0.2, 0.25) is 0 Å². The lowest BCUT2D eigenvalue weighted by Crippen LogP contribution is -2.19. The fourth-order valence-corrected chi connectivity index (χ4v) is 2.13. The van der Waals surface area contributed by atoms with Crippen LogP contribution in [0, 0.1) is 5.92 Å². The maximum Gasteiger partial charge on any atom is 0.417 e. The highest BCUT2D eigenvalue weighted by atomic mass is 19.4. The van der Waals surface area contributed by atoms with Crippen molar-refractivity contribution >= 4 is 0 Å². The van der Waals surface area contributed by atoms with Gasteiger partial charge in [-0.2, -0.15) is 13.2 Å². The number of imidazole rings is 1. The molecule has 0 aliphatic rings. The normalized spacial score (nSPS) is 15.0. The first-order valence-corrected chi connectivity index (χ1v) is 6.81. The van der Waals surface area contributed by atoms with Crippen LogP contribution < -0.4 is 5.73 Å². The van der Waals surface area contributed by atoms with Crippen LogP contribution in [0.15, 0.2) is 30.5 Å². The van der Waals surface area contributed by atoms with Gasteiger partial charge in [0.05, 0.1) is 23.5 Å². The van der Waals surface area contributed by atoms with Gasteiger partial charge in [-0.05, 0) is 12.0 Å². The molecular weight excluding hydrogens is 279 g/mol. The molecule has 0 amide bonds. The van der Waals surface area contributed by atoms with Crippen molar-refractivity contribution in [2.75, 3.05) is 0 Å². The quantitative estimate of drug-likeness (QED) is 0.891. The number of nitrogens with two attached hydrogens (primary N) is 1. The summed E-state index contributed by atoms with van der Waals surface area (Å²) in [6, 6.07) is 5.11. The van der Waals surface area contributed by atoms with Crippen LogP contribution in [0.3, 0.4) is 0 Å². The minimum absolute atomic E-state index is 0.0834. The van der Waals surface area contributed by atoms with Gasteiger partial charge in [-0.3, -0.25) is 0 Å². The lowest BCUT2D eigenvalue weighted by Gasteiger charge is -2.15. The number of benzene rings is 1. The minimum atomic E-state index is -4.40. The van der Waals surface area contributed by atoms with Crippen molar-refractivity contribution in [2.24, 2.45) is 11.7 Å². The largest absolute Gasteiger partial charge is 0.417 e. The summed E-state index contributed by atoms with van der Waals surface area (Å²) in [5.41, 5.74) is 5.78. The Labute approximate surface area is 121 Å². The lowest BCUT2D eigenvalue weighted by atomic mass is 10.00. The van der Waals surface area contributed by atoms with Crippen molar-refractivity contribution in [3.8, 4) is 11.3 Å². The van der Waals surface area contributed by atoms with Crippen LogP contribution >= 0.6 is 0 Å². The van der Waals surface area contributed by atoms with Crippen molar-refractivity contribution in [3.63, 3.8) is 0 Å². The van der Waals surface area contributed by atoms with Crippen LogP contribution in [0.5, 0.6) is 0 Å². The summed E-state index contributed by atoms with van der Waals surface area (Å²) in [5, 5.41) is 0. The van der Waals surface area contributed by atoms with E-state index in [1.165, 1.54) is 18.3 Å². The van der Waals surface area contributed by atoms with Crippen molar-refractivity contribution in [2.45, 2.75) is 32.5 Å². The monoisotopic (exact) mass is 297 g/mol. The van der Waals surface area contributed by atoms with Gasteiger partial charge in [-0.15, -0.1) is 0 Å². The second-order valence-corrected chi connectivity index (χ2v) is 5.14. The zero-order valence-corrected chi connectivity index (χ0v) is 11.9. The molecular formula is C15H18F3N3. The Bertz CT molecular complexity index is 604. The smallest absolute Gasteiger partial charge is 0.341 e. The molecule has 0 radical (unpaired) electrons. The Morgan fingerprint density at radius 1 is 1.29 bits per heavy atom. The molecule has 3 nitrogen and oxygen atoms in total. The van der Waals surface area contributed by atoms with Crippen molar-refractivity contribution in [1.82, 2.24) is 9.97 Å². The average Bonchev–Trinajstić information content (AvgIpc) is 2.94. The molecule has 2 unspecified atom stereocenters. The van der Waals surface area contributed by atoms with E-state index in [0.717, 1.165) is 12.5 Å². The topological polar surface area (TPSA) is 54.7 Å². The van der Waals surface area contributed by atoms with Gasteiger partial charge in [0.25, 0.3) is 0 Å². The summed E-state index contributed by atoms with van der Waals surface area (Å²) in [5.74, 6) is 0.707. The van der Waals surface area contributed by atoms with Crippen LogP contribution in [0.2, 0.25) is 0 Å². The Morgan fingerprint density at radius 2 is 1.95 bits per heavy atom. The van der Waals surface area contributed by atoms with E-state index < -0.39 is 11.7 Å². The van der Waals surface area contributed by atoms with E-state index in [1.54, 1.807) is 6.07 Å². The first kappa shape index (κ1) is 15.6.